The molecule has 0 atom stereocenters. The van der Waals surface area contributed by atoms with Gasteiger partial charge in [-0.3, -0.25) is 9.69 Å². The van der Waals surface area contributed by atoms with Crippen molar-refractivity contribution >= 4 is 11.7 Å². The van der Waals surface area contributed by atoms with Crippen molar-refractivity contribution in [1.82, 2.24) is 4.90 Å². The standard InChI is InChI=1S/C13H18N2O3/c16-12-3-1-11(2-4-12)15-9-7-14(8-10-15)6-5-13(17)18/h1-4,16H,5-10H2,(H,17,18). The first kappa shape index (κ1) is 12.7. The zero-order valence-corrected chi connectivity index (χ0v) is 10.2. The Balaban J connectivity index is 1.83. The summed E-state index contributed by atoms with van der Waals surface area (Å²) in [5.74, 6) is -0.463. The van der Waals surface area contributed by atoms with E-state index in [1.54, 1.807) is 12.1 Å². The Morgan fingerprint density at radius 3 is 2.28 bits per heavy atom. The van der Waals surface area contributed by atoms with Crippen LogP contribution in [0.3, 0.4) is 0 Å². The molecule has 2 rings (SSSR count). The zero-order valence-electron chi connectivity index (χ0n) is 10.2. The lowest BCUT2D eigenvalue weighted by atomic mass is 10.2. The van der Waals surface area contributed by atoms with Gasteiger partial charge in [-0.05, 0) is 24.3 Å². The Labute approximate surface area is 106 Å². The Morgan fingerprint density at radius 2 is 1.72 bits per heavy atom. The molecule has 5 nitrogen and oxygen atoms in total. The van der Waals surface area contributed by atoms with Crippen LogP contribution in [-0.2, 0) is 4.79 Å². The number of hydrogen-bond acceptors (Lipinski definition) is 4. The van der Waals surface area contributed by atoms with Gasteiger partial charge < -0.3 is 15.1 Å². The van der Waals surface area contributed by atoms with Gasteiger partial charge in [0.05, 0.1) is 6.42 Å². The maximum atomic E-state index is 10.5. The molecule has 18 heavy (non-hydrogen) atoms. The molecule has 98 valence electrons. The molecule has 1 heterocycles. The van der Waals surface area contributed by atoms with Gasteiger partial charge in [0.2, 0.25) is 0 Å². The summed E-state index contributed by atoms with van der Waals surface area (Å²) < 4.78 is 0. The van der Waals surface area contributed by atoms with Crippen molar-refractivity contribution in [3.05, 3.63) is 24.3 Å². The summed E-state index contributed by atoms with van der Waals surface area (Å²) in [7, 11) is 0. The van der Waals surface area contributed by atoms with Crippen LogP contribution in [0.15, 0.2) is 24.3 Å². The lowest BCUT2D eigenvalue weighted by Crippen LogP contribution is -2.46. The van der Waals surface area contributed by atoms with E-state index >= 15 is 0 Å². The number of piperazine rings is 1. The van der Waals surface area contributed by atoms with Gasteiger partial charge in [0, 0.05) is 38.4 Å². The van der Waals surface area contributed by atoms with Crippen LogP contribution in [0.4, 0.5) is 5.69 Å². The minimum Gasteiger partial charge on any atom is -0.508 e. The van der Waals surface area contributed by atoms with Gasteiger partial charge in [0.1, 0.15) is 5.75 Å². The van der Waals surface area contributed by atoms with E-state index in [0.717, 1.165) is 31.9 Å². The van der Waals surface area contributed by atoms with Crippen LogP contribution in [0.5, 0.6) is 5.75 Å². The molecular formula is C13H18N2O3. The molecule has 1 aliphatic heterocycles. The van der Waals surface area contributed by atoms with Crippen LogP contribution in [0.1, 0.15) is 6.42 Å². The Bertz CT molecular complexity index is 397. The molecule has 5 heteroatoms. The van der Waals surface area contributed by atoms with Gasteiger partial charge in [-0.1, -0.05) is 0 Å². The van der Waals surface area contributed by atoms with E-state index in [2.05, 4.69) is 9.80 Å². The van der Waals surface area contributed by atoms with E-state index in [-0.39, 0.29) is 12.2 Å². The van der Waals surface area contributed by atoms with Crippen molar-refractivity contribution in [2.75, 3.05) is 37.6 Å². The molecule has 1 aliphatic rings. The van der Waals surface area contributed by atoms with Crippen molar-refractivity contribution < 1.29 is 15.0 Å². The van der Waals surface area contributed by atoms with Crippen LogP contribution in [0, 0.1) is 0 Å². The van der Waals surface area contributed by atoms with E-state index in [1.807, 2.05) is 12.1 Å². The second kappa shape index (κ2) is 5.73. The SMILES string of the molecule is O=C(O)CCN1CCN(c2ccc(O)cc2)CC1. The number of phenols is 1. The highest BCUT2D eigenvalue weighted by Gasteiger charge is 2.17. The van der Waals surface area contributed by atoms with Crippen molar-refractivity contribution in [1.29, 1.82) is 0 Å². The highest BCUT2D eigenvalue weighted by molar-refractivity contribution is 5.66. The number of carbonyl (C=O) groups is 1. The topological polar surface area (TPSA) is 64.0 Å². The highest BCUT2D eigenvalue weighted by Crippen LogP contribution is 2.19. The van der Waals surface area contributed by atoms with Crippen molar-refractivity contribution in [2.24, 2.45) is 0 Å². The van der Waals surface area contributed by atoms with Gasteiger partial charge in [-0.25, -0.2) is 0 Å². The highest BCUT2D eigenvalue weighted by atomic mass is 16.4. The van der Waals surface area contributed by atoms with Gasteiger partial charge >= 0.3 is 5.97 Å². The smallest absolute Gasteiger partial charge is 0.304 e. The molecule has 0 bridgehead atoms. The first-order valence-electron chi connectivity index (χ1n) is 6.13. The minimum atomic E-state index is -0.740. The predicted molar refractivity (Wildman–Crippen MR) is 69.0 cm³/mol. The number of carboxylic acids is 1. The Hall–Kier alpha value is -1.75. The fourth-order valence-electron chi connectivity index (χ4n) is 2.15. The van der Waals surface area contributed by atoms with Crippen LogP contribution in [-0.4, -0.2) is 53.8 Å². The summed E-state index contributed by atoms with van der Waals surface area (Å²) in [5, 5.41) is 17.9. The van der Waals surface area contributed by atoms with E-state index < -0.39 is 5.97 Å². The molecule has 0 saturated carbocycles. The second-order valence-corrected chi connectivity index (χ2v) is 4.49. The van der Waals surface area contributed by atoms with Crippen LogP contribution in [0.25, 0.3) is 0 Å². The summed E-state index contributed by atoms with van der Waals surface area (Å²) in [4.78, 5) is 14.9. The molecule has 0 unspecified atom stereocenters. The number of carboxylic acid groups (broad SMARTS) is 1. The number of nitrogens with zero attached hydrogens (tertiary/aromatic N) is 2. The fourth-order valence-corrected chi connectivity index (χ4v) is 2.15. The maximum Gasteiger partial charge on any atom is 0.304 e. The summed E-state index contributed by atoms with van der Waals surface area (Å²) in [6.07, 6.45) is 0.208. The fraction of sp³-hybridized carbons (Fsp3) is 0.462. The third-order valence-electron chi connectivity index (χ3n) is 3.23. The summed E-state index contributed by atoms with van der Waals surface area (Å²) in [6, 6.07) is 7.18. The summed E-state index contributed by atoms with van der Waals surface area (Å²) >= 11 is 0. The molecule has 1 aromatic rings. The zero-order chi connectivity index (χ0) is 13.0. The molecule has 1 aromatic carbocycles. The number of rotatable bonds is 4. The molecule has 0 aliphatic carbocycles. The predicted octanol–water partition coefficient (Wildman–Crippen LogP) is 0.989. The van der Waals surface area contributed by atoms with Gasteiger partial charge in [-0.2, -0.15) is 0 Å². The molecule has 1 fully saturated rings. The second-order valence-electron chi connectivity index (χ2n) is 4.49. The number of benzene rings is 1. The number of hydrogen-bond donors (Lipinski definition) is 2. The average Bonchev–Trinajstić information content (AvgIpc) is 2.38. The largest absolute Gasteiger partial charge is 0.508 e. The van der Waals surface area contributed by atoms with Gasteiger partial charge in [-0.15, -0.1) is 0 Å². The molecule has 0 amide bonds. The third-order valence-corrected chi connectivity index (χ3v) is 3.23. The third kappa shape index (κ3) is 3.37. The quantitative estimate of drug-likeness (QED) is 0.834. The Kier molecular flexibility index (Phi) is 4.04. The molecule has 1 saturated heterocycles. The van der Waals surface area contributed by atoms with E-state index in [0.29, 0.717) is 6.54 Å². The number of aromatic hydroxyl groups is 1. The van der Waals surface area contributed by atoms with Crippen LogP contribution in [0.2, 0.25) is 0 Å². The van der Waals surface area contributed by atoms with E-state index in [4.69, 9.17) is 5.11 Å². The lowest BCUT2D eigenvalue weighted by molar-refractivity contribution is -0.137. The molecule has 0 aromatic heterocycles. The minimum absolute atomic E-state index is 0.208. The molecule has 0 radical (unpaired) electrons. The monoisotopic (exact) mass is 250 g/mol. The summed E-state index contributed by atoms with van der Waals surface area (Å²) in [6.45, 7) is 4.18. The Morgan fingerprint density at radius 1 is 1.11 bits per heavy atom. The number of aliphatic carboxylic acids is 1. The normalized spacial score (nSPS) is 16.8. The van der Waals surface area contributed by atoms with Crippen molar-refractivity contribution in [3.63, 3.8) is 0 Å². The number of anilines is 1. The van der Waals surface area contributed by atoms with Crippen molar-refractivity contribution in [3.8, 4) is 5.75 Å². The van der Waals surface area contributed by atoms with Gasteiger partial charge in [0.15, 0.2) is 0 Å². The first-order chi connectivity index (χ1) is 8.65. The lowest BCUT2D eigenvalue weighted by Gasteiger charge is -2.35. The molecule has 0 spiro atoms. The number of phenolic OH excluding ortho intramolecular Hbond substituents is 1. The van der Waals surface area contributed by atoms with Gasteiger partial charge in [0.25, 0.3) is 0 Å². The summed E-state index contributed by atoms with van der Waals surface area (Å²) in [5.41, 5.74) is 1.10. The van der Waals surface area contributed by atoms with Crippen molar-refractivity contribution in [2.45, 2.75) is 6.42 Å². The first-order valence-corrected chi connectivity index (χ1v) is 6.13. The average molecular weight is 250 g/mol. The van der Waals surface area contributed by atoms with E-state index in [1.165, 1.54) is 0 Å². The molecular weight excluding hydrogens is 232 g/mol. The maximum absolute atomic E-state index is 10.5. The van der Waals surface area contributed by atoms with Crippen LogP contribution >= 0.6 is 0 Å². The van der Waals surface area contributed by atoms with E-state index in [9.17, 15) is 9.90 Å². The van der Waals surface area contributed by atoms with Crippen LogP contribution < -0.4 is 4.90 Å². The molecule has 2 N–H and O–H groups in total.